The van der Waals surface area contributed by atoms with Crippen LogP contribution in [0.1, 0.15) is 15.4 Å². The number of amides is 2. The Bertz CT molecular complexity index is 1480. The van der Waals surface area contributed by atoms with Gasteiger partial charge in [0.1, 0.15) is 23.1 Å². The van der Waals surface area contributed by atoms with Gasteiger partial charge in [0.15, 0.2) is 9.84 Å². The molecule has 3 heterocycles. The zero-order chi connectivity index (χ0) is 23.9. The second kappa shape index (κ2) is 8.65. The highest BCUT2D eigenvalue weighted by atomic mass is 32.2. The molecule has 0 aliphatic carbocycles. The number of fused-ring (bicyclic) bond motifs is 1. The summed E-state index contributed by atoms with van der Waals surface area (Å²) in [6, 6.07) is 10.6. The summed E-state index contributed by atoms with van der Waals surface area (Å²) in [4.78, 5) is 35.8. The number of sulfone groups is 1. The molecule has 1 fully saturated rings. The quantitative estimate of drug-likeness (QED) is 0.455. The zero-order valence-electron chi connectivity index (χ0n) is 17.8. The van der Waals surface area contributed by atoms with Crippen molar-refractivity contribution in [2.45, 2.75) is 10.6 Å². The van der Waals surface area contributed by atoms with Crippen LogP contribution < -0.4 is 4.90 Å². The van der Waals surface area contributed by atoms with Crippen LogP contribution in [0.25, 0.3) is 10.9 Å². The number of piperazine rings is 1. The molecular formula is C23H19FN4O4S2. The molecule has 2 aromatic heterocycles. The van der Waals surface area contributed by atoms with E-state index in [2.05, 4.69) is 9.97 Å². The summed E-state index contributed by atoms with van der Waals surface area (Å²) in [6.45, 7) is 0.334. The predicted octanol–water partition coefficient (Wildman–Crippen LogP) is 3.23. The van der Waals surface area contributed by atoms with E-state index in [0.717, 1.165) is 0 Å². The molecule has 8 nitrogen and oxygen atoms in total. The fourth-order valence-corrected chi connectivity index (χ4v) is 6.26. The number of halogens is 1. The summed E-state index contributed by atoms with van der Waals surface area (Å²) in [5.74, 6) is -1.42. The summed E-state index contributed by atoms with van der Waals surface area (Å²) in [6.07, 6.45) is 3.02. The largest absolute Gasteiger partial charge is 0.360 e. The highest BCUT2D eigenvalue weighted by molar-refractivity contribution is 7.90. The van der Waals surface area contributed by atoms with E-state index in [9.17, 15) is 22.4 Å². The van der Waals surface area contributed by atoms with Crippen molar-refractivity contribution in [2.24, 2.45) is 0 Å². The number of aromatic amines is 1. The van der Waals surface area contributed by atoms with Crippen molar-refractivity contribution in [1.82, 2.24) is 14.9 Å². The Morgan fingerprint density at radius 2 is 1.94 bits per heavy atom. The number of hydrogen-bond donors (Lipinski definition) is 1. The number of aromatic nitrogens is 2. The van der Waals surface area contributed by atoms with E-state index in [1.54, 1.807) is 35.8 Å². The monoisotopic (exact) mass is 498 g/mol. The van der Waals surface area contributed by atoms with Crippen molar-refractivity contribution < 1.29 is 22.4 Å². The molecule has 0 unspecified atom stereocenters. The molecular weight excluding hydrogens is 479 g/mol. The van der Waals surface area contributed by atoms with Crippen molar-refractivity contribution >= 4 is 49.6 Å². The van der Waals surface area contributed by atoms with E-state index < -0.39 is 21.6 Å². The van der Waals surface area contributed by atoms with Crippen molar-refractivity contribution in [2.75, 3.05) is 24.5 Å². The van der Waals surface area contributed by atoms with E-state index in [1.165, 1.54) is 45.5 Å². The van der Waals surface area contributed by atoms with E-state index >= 15 is 0 Å². The van der Waals surface area contributed by atoms with Crippen LogP contribution in [0.2, 0.25) is 0 Å². The number of nitrogens with zero attached hydrogens (tertiary/aromatic N) is 3. The van der Waals surface area contributed by atoms with Gasteiger partial charge in [-0.1, -0.05) is 6.07 Å². The van der Waals surface area contributed by atoms with E-state index in [0.29, 0.717) is 16.2 Å². The first-order chi connectivity index (χ1) is 16.3. The van der Waals surface area contributed by atoms with Gasteiger partial charge in [-0.15, -0.1) is 11.3 Å². The van der Waals surface area contributed by atoms with Crippen LogP contribution >= 0.6 is 11.3 Å². The molecule has 2 aromatic carbocycles. The summed E-state index contributed by atoms with van der Waals surface area (Å²) in [5, 5.41) is 2.44. The van der Waals surface area contributed by atoms with E-state index in [4.69, 9.17) is 0 Å². The lowest BCUT2D eigenvalue weighted by Crippen LogP contribution is -2.52. The lowest BCUT2D eigenvalue weighted by molar-refractivity contribution is -0.120. The van der Waals surface area contributed by atoms with Gasteiger partial charge in [-0.05, 0) is 36.4 Å². The Kier molecular flexibility index (Phi) is 5.66. The molecule has 0 radical (unpaired) electrons. The maximum Gasteiger partial charge on any atom is 0.256 e. The average Bonchev–Trinajstić information content (AvgIpc) is 3.49. The van der Waals surface area contributed by atoms with Crippen LogP contribution in [0.4, 0.5) is 10.1 Å². The molecule has 1 aliphatic rings. The number of carbonyl (C=O) groups is 2. The summed E-state index contributed by atoms with van der Waals surface area (Å²) in [5.41, 5.74) is 1.24. The maximum atomic E-state index is 14.3. The molecule has 1 N–H and O–H groups in total. The molecule has 34 heavy (non-hydrogen) atoms. The predicted molar refractivity (Wildman–Crippen MR) is 126 cm³/mol. The molecule has 0 saturated carbocycles. The molecule has 2 amide bonds. The number of H-pyrrole nitrogens is 1. The molecule has 1 aliphatic heterocycles. The van der Waals surface area contributed by atoms with Gasteiger partial charge in [-0.3, -0.25) is 9.59 Å². The van der Waals surface area contributed by atoms with Gasteiger partial charge in [0.05, 0.1) is 10.5 Å². The van der Waals surface area contributed by atoms with E-state index in [1.807, 2.05) is 0 Å². The van der Waals surface area contributed by atoms with Gasteiger partial charge in [-0.25, -0.2) is 17.8 Å². The Hall–Kier alpha value is -3.57. The highest BCUT2D eigenvalue weighted by Gasteiger charge is 2.30. The van der Waals surface area contributed by atoms with Crippen LogP contribution in [-0.2, 0) is 20.4 Å². The first-order valence-corrected chi connectivity index (χ1v) is 12.9. The summed E-state index contributed by atoms with van der Waals surface area (Å²) < 4.78 is 39.5. The first-order valence-electron chi connectivity index (χ1n) is 10.4. The van der Waals surface area contributed by atoms with Gasteiger partial charge in [0, 0.05) is 47.5 Å². The number of anilines is 1. The van der Waals surface area contributed by atoms with Crippen molar-refractivity contribution in [3.8, 4) is 0 Å². The van der Waals surface area contributed by atoms with Gasteiger partial charge >= 0.3 is 0 Å². The lowest BCUT2D eigenvalue weighted by atomic mass is 10.1. The van der Waals surface area contributed by atoms with Gasteiger partial charge < -0.3 is 14.8 Å². The van der Waals surface area contributed by atoms with E-state index in [-0.39, 0.29) is 47.1 Å². The minimum atomic E-state index is -3.55. The van der Waals surface area contributed by atoms with Crippen LogP contribution in [0, 0.1) is 5.82 Å². The molecule has 0 spiro atoms. The number of carbonyl (C=O) groups excluding carboxylic acids is 2. The number of thiazole rings is 1. The molecule has 174 valence electrons. The fraction of sp³-hybridized carbons (Fsp3) is 0.174. The molecule has 0 bridgehead atoms. The van der Waals surface area contributed by atoms with Gasteiger partial charge in [0.25, 0.3) is 5.91 Å². The molecule has 11 heteroatoms. The second-order valence-electron chi connectivity index (χ2n) is 7.82. The zero-order valence-corrected chi connectivity index (χ0v) is 19.4. The molecule has 4 aromatic rings. The third-order valence-electron chi connectivity index (χ3n) is 5.70. The standard InChI is InChI=1S/C23H19FN4O4S2/c24-18-2-1-3-19-22(18)17(12-26-19)23(30)27-9-10-28(21(29)13-27)15-4-6-16(7-5-15)34(31,32)14-20-25-8-11-33-20/h1-8,11-12,26H,9-10,13-14H2. The van der Waals surface area contributed by atoms with Crippen molar-refractivity contribution in [1.29, 1.82) is 0 Å². The number of hydrogen-bond acceptors (Lipinski definition) is 6. The van der Waals surface area contributed by atoms with Crippen LogP contribution in [0.3, 0.4) is 0 Å². The number of nitrogens with one attached hydrogen (secondary N) is 1. The third-order valence-corrected chi connectivity index (χ3v) is 8.30. The van der Waals surface area contributed by atoms with Crippen LogP contribution in [-0.4, -0.2) is 54.7 Å². The Labute approximate surface area is 198 Å². The van der Waals surface area contributed by atoms with Crippen molar-refractivity contribution in [3.63, 3.8) is 0 Å². The topological polar surface area (TPSA) is 103 Å². The Morgan fingerprint density at radius 1 is 1.15 bits per heavy atom. The second-order valence-corrected chi connectivity index (χ2v) is 10.8. The maximum absolute atomic E-state index is 14.3. The number of benzene rings is 2. The Morgan fingerprint density at radius 3 is 2.65 bits per heavy atom. The van der Waals surface area contributed by atoms with Crippen molar-refractivity contribution in [3.05, 3.63) is 76.6 Å². The van der Waals surface area contributed by atoms with Crippen LogP contribution in [0.5, 0.6) is 0 Å². The van der Waals surface area contributed by atoms with Gasteiger partial charge in [0.2, 0.25) is 5.91 Å². The average molecular weight is 499 g/mol. The normalized spacial score (nSPS) is 14.7. The fourth-order valence-electron chi connectivity index (χ4n) is 4.00. The first kappa shape index (κ1) is 22.2. The highest BCUT2D eigenvalue weighted by Crippen LogP contribution is 2.26. The SMILES string of the molecule is O=C(c1c[nH]c2cccc(F)c12)N1CCN(c2ccc(S(=O)(=O)Cc3nccs3)cc2)C(=O)C1. The van der Waals surface area contributed by atoms with Crippen LogP contribution in [0.15, 0.2) is 65.1 Å². The molecule has 0 atom stereocenters. The van der Waals surface area contributed by atoms with Gasteiger partial charge in [-0.2, -0.15) is 0 Å². The lowest BCUT2D eigenvalue weighted by Gasteiger charge is -2.34. The molecule has 1 saturated heterocycles. The molecule has 5 rings (SSSR count). The summed E-state index contributed by atoms with van der Waals surface area (Å²) >= 11 is 1.28. The third kappa shape index (κ3) is 4.08. The minimum Gasteiger partial charge on any atom is -0.360 e. The number of rotatable bonds is 5. The Balaban J connectivity index is 1.29. The smallest absolute Gasteiger partial charge is 0.256 e. The minimum absolute atomic E-state index is 0.147. The summed E-state index contributed by atoms with van der Waals surface area (Å²) in [7, 11) is -3.55.